The van der Waals surface area contributed by atoms with Gasteiger partial charge in [-0.05, 0) is 50.7 Å². The molecule has 27 heavy (non-hydrogen) atoms. The molecule has 142 valence electrons. The smallest absolute Gasteiger partial charge is 0.249 e. The third kappa shape index (κ3) is 5.78. The summed E-state index contributed by atoms with van der Waals surface area (Å²) in [7, 11) is 0. The lowest BCUT2D eigenvalue weighted by Crippen LogP contribution is -2.36. The van der Waals surface area contributed by atoms with E-state index in [2.05, 4.69) is 41.1 Å². The summed E-state index contributed by atoms with van der Waals surface area (Å²) < 4.78 is 12.8. The van der Waals surface area contributed by atoms with Gasteiger partial charge < -0.3 is 10.6 Å². The van der Waals surface area contributed by atoms with E-state index in [0.29, 0.717) is 11.3 Å². The maximum atomic E-state index is 12.8. The van der Waals surface area contributed by atoms with Crippen LogP contribution >= 0.6 is 0 Å². The molecular weight excluding hydrogens is 341 g/mol. The number of halogens is 1. The quantitative estimate of drug-likeness (QED) is 0.612. The van der Waals surface area contributed by atoms with Crippen molar-refractivity contribution in [3.63, 3.8) is 0 Å². The maximum absolute atomic E-state index is 12.8. The van der Waals surface area contributed by atoms with Crippen molar-refractivity contribution in [2.45, 2.75) is 33.1 Å². The Morgan fingerprint density at radius 1 is 1.37 bits per heavy atom. The lowest BCUT2D eigenvalue weighted by Gasteiger charge is -2.26. The van der Waals surface area contributed by atoms with E-state index in [1.807, 2.05) is 26.0 Å². The van der Waals surface area contributed by atoms with Crippen LogP contribution < -0.4 is 10.6 Å². The molecule has 1 aromatic rings. The van der Waals surface area contributed by atoms with E-state index < -0.39 is 0 Å². The van der Waals surface area contributed by atoms with Crippen LogP contribution in [0.5, 0.6) is 0 Å². The third-order valence-electron chi connectivity index (χ3n) is 4.30. The third-order valence-corrected chi connectivity index (χ3v) is 4.30. The fourth-order valence-electron chi connectivity index (χ4n) is 2.89. The van der Waals surface area contributed by atoms with E-state index in [1.165, 1.54) is 17.8 Å². The number of amides is 1. The van der Waals surface area contributed by atoms with Gasteiger partial charge in [-0.2, -0.15) is 0 Å². The first-order chi connectivity index (χ1) is 12.9. The number of nitrogens with zero attached hydrogens (tertiary/aromatic N) is 1. The summed E-state index contributed by atoms with van der Waals surface area (Å²) >= 11 is 0. The van der Waals surface area contributed by atoms with E-state index in [9.17, 15) is 9.18 Å². The van der Waals surface area contributed by atoms with Crippen molar-refractivity contribution < 1.29 is 9.18 Å². The number of dihydropyridines is 1. The summed E-state index contributed by atoms with van der Waals surface area (Å²) in [4.78, 5) is 15.1. The molecule has 0 radical (unpaired) electrons. The molecule has 4 nitrogen and oxygen atoms in total. The van der Waals surface area contributed by atoms with Crippen LogP contribution in [0.1, 0.15) is 37.3 Å². The van der Waals surface area contributed by atoms with E-state index in [4.69, 9.17) is 0 Å². The largest absolute Gasteiger partial charge is 0.362 e. The molecule has 0 fully saturated rings. The first kappa shape index (κ1) is 20.4. The zero-order valence-electron chi connectivity index (χ0n) is 15.9. The molecule has 0 bridgehead atoms. The highest BCUT2D eigenvalue weighted by Gasteiger charge is 2.22. The number of hydrogen-bond acceptors (Lipinski definition) is 3. The molecule has 0 spiro atoms. The molecule has 5 heteroatoms. The minimum Gasteiger partial charge on any atom is -0.362 e. The average molecular weight is 367 g/mol. The topological polar surface area (TPSA) is 53.5 Å². The number of carbonyl (C=O) groups excluding carboxylic acids is 1. The fourth-order valence-corrected chi connectivity index (χ4v) is 2.89. The van der Waals surface area contributed by atoms with Crippen molar-refractivity contribution in [3.05, 3.63) is 76.9 Å². The van der Waals surface area contributed by atoms with Gasteiger partial charge in [-0.1, -0.05) is 24.8 Å². The number of aliphatic imine (C=N–C) groups is 1. The molecule has 2 aliphatic rings. The molecule has 3 rings (SSSR count). The van der Waals surface area contributed by atoms with Crippen molar-refractivity contribution >= 4 is 18.3 Å². The van der Waals surface area contributed by atoms with Crippen LogP contribution in [0.2, 0.25) is 0 Å². The van der Waals surface area contributed by atoms with Crippen LogP contribution in [0.4, 0.5) is 4.39 Å². The van der Waals surface area contributed by atoms with Crippen LogP contribution in [0.15, 0.2) is 65.0 Å². The molecule has 0 saturated heterocycles. The average Bonchev–Trinajstić information content (AvgIpc) is 2.65. The first-order valence-electron chi connectivity index (χ1n) is 8.95. The summed E-state index contributed by atoms with van der Waals surface area (Å²) in [6, 6.07) is 4.67. The molecule has 2 aliphatic heterocycles. The summed E-state index contributed by atoms with van der Waals surface area (Å²) in [5.41, 5.74) is 5.27. The van der Waals surface area contributed by atoms with Gasteiger partial charge in [0.2, 0.25) is 5.91 Å². The van der Waals surface area contributed by atoms with Gasteiger partial charge in [0.25, 0.3) is 0 Å². The Bertz CT molecular complexity index is 814. The standard InChI is InChI=1S/C12H16N2O.C10H10FN/c1-2-3-4-9-5-6-10-11(14-9)7-8-13-12(10)15;1-7-4-9(8(2)12-3)6-10(11)5-7/h2-3,5,14H,4,6-8H2,1H3,(H,13,15);4-6H,2-3H2,1H3/b3-2-;. The second kappa shape index (κ2) is 9.67. The number of benzene rings is 1. The Balaban J connectivity index is 0.000000199. The normalized spacial score (nSPS) is 15.8. The molecule has 2 heterocycles. The van der Waals surface area contributed by atoms with E-state index in [0.717, 1.165) is 42.6 Å². The zero-order valence-corrected chi connectivity index (χ0v) is 15.9. The summed E-state index contributed by atoms with van der Waals surface area (Å²) in [6.45, 7) is 11.5. The van der Waals surface area contributed by atoms with Crippen molar-refractivity contribution in [3.8, 4) is 0 Å². The molecule has 1 aromatic carbocycles. The number of hydrogen-bond donors (Lipinski definition) is 2. The Morgan fingerprint density at radius 2 is 2.15 bits per heavy atom. The summed E-state index contributed by atoms with van der Waals surface area (Å²) in [5.74, 6) is -0.181. The van der Waals surface area contributed by atoms with Gasteiger partial charge in [-0.3, -0.25) is 9.79 Å². The van der Waals surface area contributed by atoms with Gasteiger partial charge in [0, 0.05) is 41.9 Å². The van der Waals surface area contributed by atoms with E-state index in [-0.39, 0.29) is 11.7 Å². The van der Waals surface area contributed by atoms with Gasteiger partial charge in [-0.25, -0.2) is 4.39 Å². The van der Waals surface area contributed by atoms with Gasteiger partial charge >= 0.3 is 0 Å². The lowest BCUT2D eigenvalue weighted by atomic mass is 9.99. The summed E-state index contributed by atoms with van der Waals surface area (Å²) in [6.07, 6.45) is 8.88. The van der Waals surface area contributed by atoms with E-state index in [1.54, 1.807) is 0 Å². The van der Waals surface area contributed by atoms with Gasteiger partial charge in [-0.15, -0.1) is 0 Å². The molecule has 0 aliphatic carbocycles. The molecule has 1 amide bonds. The second-order valence-electron chi connectivity index (χ2n) is 6.42. The minimum absolute atomic E-state index is 0.0880. The van der Waals surface area contributed by atoms with Gasteiger partial charge in [0.1, 0.15) is 5.82 Å². The second-order valence-corrected chi connectivity index (χ2v) is 6.42. The Morgan fingerprint density at radius 3 is 2.81 bits per heavy atom. The number of allylic oxidation sites excluding steroid dienone is 3. The molecular formula is C22H26FN3O. The Kier molecular flexibility index (Phi) is 7.29. The fraction of sp³-hybridized carbons (Fsp3) is 0.273. The number of rotatable bonds is 4. The van der Waals surface area contributed by atoms with Crippen LogP contribution in [-0.2, 0) is 4.79 Å². The van der Waals surface area contributed by atoms with Crippen molar-refractivity contribution in [1.29, 1.82) is 0 Å². The lowest BCUT2D eigenvalue weighted by molar-refractivity contribution is -0.118. The zero-order chi connectivity index (χ0) is 19.8. The molecule has 2 N–H and O–H groups in total. The minimum atomic E-state index is -0.269. The van der Waals surface area contributed by atoms with Gasteiger partial charge in [0.05, 0.1) is 5.70 Å². The number of carbonyl (C=O) groups is 1. The molecule has 0 unspecified atom stereocenters. The molecule has 0 aromatic heterocycles. The van der Waals surface area contributed by atoms with Crippen LogP contribution in [0.25, 0.3) is 5.70 Å². The number of nitrogens with one attached hydrogen (secondary N) is 2. The first-order valence-corrected chi connectivity index (χ1v) is 8.95. The highest BCUT2D eigenvalue weighted by Crippen LogP contribution is 2.22. The SMILES string of the molecule is C/C=C\CC1=CCC2=C(CCNC2=O)N1.C=NC(=C)c1cc(C)cc(F)c1. The predicted molar refractivity (Wildman–Crippen MR) is 110 cm³/mol. The molecule has 0 atom stereocenters. The van der Waals surface area contributed by atoms with E-state index >= 15 is 0 Å². The van der Waals surface area contributed by atoms with Crippen LogP contribution in [0.3, 0.4) is 0 Å². The predicted octanol–water partition coefficient (Wildman–Crippen LogP) is 4.41. The van der Waals surface area contributed by atoms with Crippen molar-refractivity contribution in [2.75, 3.05) is 6.54 Å². The summed E-state index contributed by atoms with van der Waals surface area (Å²) in [5, 5.41) is 6.21. The monoisotopic (exact) mass is 367 g/mol. The highest BCUT2D eigenvalue weighted by atomic mass is 19.1. The van der Waals surface area contributed by atoms with Crippen molar-refractivity contribution in [1.82, 2.24) is 10.6 Å². The highest BCUT2D eigenvalue weighted by molar-refractivity contribution is 5.95. The Hall–Kier alpha value is -2.95. The molecule has 0 saturated carbocycles. The van der Waals surface area contributed by atoms with Gasteiger partial charge in [0.15, 0.2) is 0 Å². The van der Waals surface area contributed by atoms with Crippen molar-refractivity contribution in [2.24, 2.45) is 4.99 Å². The maximum Gasteiger partial charge on any atom is 0.249 e. The van der Waals surface area contributed by atoms with Crippen LogP contribution in [0, 0.1) is 12.7 Å². The number of aryl methyl sites for hydroxylation is 1. The van der Waals surface area contributed by atoms with Crippen LogP contribution in [-0.4, -0.2) is 19.2 Å². The Labute approximate surface area is 160 Å².